The Hall–Kier alpha value is -0.610. The largest absolute Gasteiger partial charge is 0.355 e. The molecular formula is C10H21N3O. The van der Waals surface area contributed by atoms with Gasteiger partial charge in [-0.2, -0.15) is 0 Å². The second-order valence-corrected chi connectivity index (χ2v) is 4.18. The highest BCUT2D eigenvalue weighted by molar-refractivity contribution is 5.76. The van der Waals surface area contributed by atoms with E-state index >= 15 is 0 Å². The Morgan fingerprint density at radius 2 is 2.21 bits per heavy atom. The molecule has 0 spiro atoms. The highest BCUT2D eigenvalue weighted by Gasteiger charge is 2.22. The summed E-state index contributed by atoms with van der Waals surface area (Å²) in [5, 5.41) is 2.87. The summed E-state index contributed by atoms with van der Waals surface area (Å²) in [6, 6.07) is 0.405. The van der Waals surface area contributed by atoms with E-state index in [0.29, 0.717) is 24.9 Å². The SMILES string of the molecule is CC(C)C(CN)N1CCNC(=O)CC1. The van der Waals surface area contributed by atoms with E-state index in [2.05, 4.69) is 24.1 Å². The lowest BCUT2D eigenvalue weighted by Crippen LogP contribution is -2.45. The van der Waals surface area contributed by atoms with Crippen molar-refractivity contribution >= 4 is 5.91 Å². The zero-order valence-electron chi connectivity index (χ0n) is 9.12. The summed E-state index contributed by atoms with van der Waals surface area (Å²) in [5.74, 6) is 0.709. The zero-order chi connectivity index (χ0) is 10.6. The number of hydrogen-bond acceptors (Lipinski definition) is 3. The molecule has 0 aromatic heterocycles. The van der Waals surface area contributed by atoms with Crippen molar-refractivity contribution in [3.05, 3.63) is 0 Å². The van der Waals surface area contributed by atoms with Gasteiger partial charge in [-0.1, -0.05) is 13.8 Å². The van der Waals surface area contributed by atoms with E-state index in [-0.39, 0.29) is 5.91 Å². The van der Waals surface area contributed by atoms with Gasteiger partial charge >= 0.3 is 0 Å². The van der Waals surface area contributed by atoms with Gasteiger partial charge in [-0.25, -0.2) is 0 Å². The van der Waals surface area contributed by atoms with Gasteiger partial charge in [0.05, 0.1) is 0 Å². The standard InChI is InChI=1S/C10H21N3O/c1-8(2)9(7-11)13-5-3-10(14)12-4-6-13/h8-9H,3-7,11H2,1-2H3,(H,12,14). The Kier molecular flexibility index (Phi) is 4.35. The quantitative estimate of drug-likeness (QED) is 0.661. The van der Waals surface area contributed by atoms with Crippen molar-refractivity contribution in [2.75, 3.05) is 26.2 Å². The molecule has 4 heteroatoms. The highest BCUT2D eigenvalue weighted by atomic mass is 16.1. The van der Waals surface area contributed by atoms with E-state index in [1.807, 2.05) is 0 Å². The first kappa shape index (κ1) is 11.5. The molecule has 1 amide bonds. The topological polar surface area (TPSA) is 58.4 Å². The molecule has 1 saturated heterocycles. The Morgan fingerprint density at radius 1 is 1.50 bits per heavy atom. The Labute approximate surface area is 85.8 Å². The number of nitrogens with two attached hydrogens (primary N) is 1. The van der Waals surface area contributed by atoms with E-state index in [4.69, 9.17) is 5.73 Å². The molecule has 1 fully saturated rings. The smallest absolute Gasteiger partial charge is 0.221 e. The molecule has 1 heterocycles. The number of amides is 1. The Balaban J connectivity index is 2.52. The minimum Gasteiger partial charge on any atom is -0.355 e. The van der Waals surface area contributed by atoms with Crippen LogP contribution in [0.1, 0.15) is 20.3 Å². The van der Waals surface area contributed by atoms with Gasteiger partial charge in [-0.3, -0.25) is 9.69 Å². The van der Waals surface area contributed by atoms with Gasteiger partial charge < -0.3 is 11.1 Å². The fraction of sp³-hybridized carbons (Fsp3) is 0.900. The Bertz CT molecular complexity index is 194. The second kappa shape index (κ2) is 5.32. The number of nitrogens with one attached hydrogen (secondary N) is 1. The molecule has 0 aliphatic carbocycles. The summed E-state index contributed by atoms with van der Waals surface area (Å²) >= 11 is 0. The lowest BCUT2D eigenvalue weighted by atomic mass is 10.0. The molecule has 1 aliphatic rings. The van der Waals surface area contributed by atoms with Gasteiger partial charge in [0.1, 0.15) is 0 Å². The van der Waals surface area contributed by atoms with Crippen LogP contribution in [-0.2, 0) is 4.79 Å². The molecule has 1 aliphatic heterocycles. The molecule has 0 radical (unpaired) electrons. The van der Waals surface area contributed by atoms with E-state index in [1.54, 1.807) is 0 Å². The maximum Gasteiger partial charge on any atom is 0.221 e. The molecule has 0 saturated carbocycles. The van der Waals surface area contributed by atoms with Crippen LogP contribution in [-0.4, -0.2) is 43.0 Å². The normalized spacial score (nSPS) is 21.9. The van der Waals surface area contributed by atoms with Gasteiger partial charge in [0.25, 0.3) is 0 Å². The zero-order valence-corrected chi connectivity index (χ0v) is 9.12. The van der Waals surface area contributed by atoms with E-state index in [9.17, 15) is 4.79 Å². The van der Waals surface area contributed by atoms with Crippen molar-refractivity contribution in [1.82, 2.24) is 10.2 Å². The molecule has 1 rings (SSSR count). The molecule has 4 nitrogen and oxygen atoms in total. The lowest BCUT2D eigenvalue weighted by Gasteiger charge is -2.31. The molecule has 0 aromatic carbocycles. The van der Waals surface area contributed by atoms with Crippen molar-refractivity contribution < 1.29 is 4.79 Å². The number of hydrogen-bond donors (Lipinski definition) is 2. The third kappa shape index (κ3) is 2.96. The van der Waals surface area contributed by atoms with E-state index < -0.39 is 0 Å². The first-order chi connectivity index (χ1) is 6.65. The summed E-state index contributed by atoms with van der Waals surface area (Å²) < 4.78 is 0. The van der Waals surface area contributed by atoms with Crippen LogP contribution >= 0.6 is 0 Å². The maximum atomic E-state index is 11.1. The van der Waals surface area contributed by atoms with Gasteiger partial charge in [0, 0.05) is 38.6 Å². The molecule has 14 heavy (non-hydrogen) atoms. The molecule has 1 unspecified atom stereocenters. The van der Waals surface area contributed by atoms with Crippen LogP contribution in [0.4, 0.5) is 0 Å². The van der Waals surface area contributed by atoms with Gasteiger partial charge in [-0.05, 0) is 5.92 Å². The third-order valence-corrected chi connectivity index (χ3v) is 2.83. The summed E-state index contributed by atoms with van der Waals surface area (Å²) in [5.41, 5.74) is 5.74. The minimum atomic E-state index is 0.159. The third-order valence-electron chi connectivity index (χ3n) is 2.83. The number of rotatable bonds is 3. The molecule has 82 valence electrons. The predicted molar refractivity (Wildman–Crippen MR) is 56.9 cm³/mol. The Morgan fingerprint density at radius 3 is 2.79 bits per heavy atom. The number of carbonyl (C=O) groups is 1. The van der Waals surface area contributed by atoms with Crippen LogP contribution in [0.15, 0.2) is 0 Å². The first-order valence-corrected chi connectivity index (χ1v) is 5.36. The van der Waals surface area contributed by atoms with Crippen molar-refractivity contribution in [2.45, 2.75) is 26.3 Å². The maximum absolute atomic E-state index is 11.1. The van der Waals surface area contributed by atoms with E-state index in [1.165, 1.54) is 0 Å². The first-order valence-electron chi connectivity index (χ1n) is 5.36. The predicted octanol–water partition coefficient (Wildman–Crippen LogP) is -0.208. The fourth-order valence-corrected chi connectivity index (χ4v) is 1.96. The van der Waals surface area contributed by atoms with Crippen molar-refractivity contribution in [3.8, 4) is 0 Å². The van der Waals surface area contributed by atoms with E-state index in [0.717, 1.165) is 19.6 Å². The lowest BCUT2D eigenvalue weighted by molar-refractivity contribution is -0.120. The van der Waals surface area contributed by atoms with Crippen LogP contribution in [0.2, 0.25) is 0 Å². The highest BCUT2D eigenvalue weighted by Crippen LogP contribution is 2.11. The molecule has 3 N–H and O–H groups in total. The number of nitrogens with zero attached hydrogens (tertiary/aromatic N) is 1. The average Bonchev–Trinajstić information content (AvgIpc) is 2.32. The summed E-state index contributed by atoms with van der Waals surface area (Å²) in [6.07, 6.45) is 0.600. The second-order valence-electron chi connectivity index (χ2n) is 4.18. The van der Waals surface area contributed by atoms with Crippen molar-refractivity contribution in [1.29, 1.82) is 0 Å². The molecule has 1 atom stereocenters. The monoisotopic (exact) mass is 199 g/mol. The van der Waals surface area contributed by atoms with Crippen molar-refractivity contribution in [2.24, 2.45) is 11.7 Å². The average molecular weight is 199 g/mol. The van der Waals surface area contributed by atoms with Crippen LogP contribution < -0.4 is 11.1 Å². The van der Waals surface area contributed by atoms with Gasteiger partial charge in [-0.15, -0.1) is 0 Å². The van der Waals surface area contributed by atoms with Crippen molar-refractivity contribution in [3.63, 3.8) is 0 Å². The number of carbonyl (C=O) groups excluding carboxylic acids is 1. The fourth-order valence-electron chi connectivity index (χ4n) is 1.96. The van der Waals surface area contributed by atoms with Crippen LogP contribution in [0.5, 0.6) is 0 Å². The molecule has 0 bridgehead atoms. The molecule has 0 aromatic rings. The molecular weight excluding hydrogens is 178 g/mol. The van der Waals surface area contributed by atoms with Crippen LogP contribution in [0.3, 0.4) is 0 Å². The van der Waals surface area contributed by atoms with Crippen LogP contribution in [0, 0.1) is 5.92 Å². The van der Waals surface area contributed by atoms with Gasteiger partial charge in [0.15, 0.2) is 0 Å². The van der Waals surface area contributed by atoms with Crippen LogP contribution in [0.25, 0.3) is 0 Å². The summed E-state index contributed by atoms with van der Waals surface area (Å²) in [7, 11) is 0. The summed E-state index contributed by atoms with van der Waals surface area (Å²) in [4.78, 5) is 13.5. The van der Waals surface area contributed by atoms with Gasteiger partial charge in [0.2, 0.25) is 5.91 Å². The summed E-state index contributed by atoms with van der Waals surface area (Å²) in [6.45, 7) is 7.54. The minimum absolute atomic E-state index is 0.159.